The topological polar surface area (TPSA) is 190 Å². The Morgan fingerprint density at radius 3 is 2.22 bits per heavy atom. The molecule has 0 aromatic heterocycles. The van der Waals surface area contributed by atoms with Crippen LogP contribution in [0.25, 0.3) is 0 Å². The Hall–Kier alpha value is -5.66. The summed E-state index contributed by atoms with van der Waals surface area (Å²) in [6, 6.07) is 6.35. The first-order valence-corrected chi connectivity index (χ1v) is 14.4. The quantitative estimate of drug-likeness (QED) is 0.160. The van der Waals surface area contributed by atoms with Crippen LogP contribution < -0.4 is 14.5 Å². The smallest absolute Gasteiger partial charge is 0.301 e. The average Bonchev–Trinajstić information content (AvgIpc) is 3.27. The molecule has 1 aliphatic heterocycles. The lowest BCUT2D eigenvalue weighted by Gasteiger charge is -2.42. The van der Waals surface area contributed by atoms with Gasteiger partial charge in [0.1, 0.15) is 11.5 Å². The van der Waals surface area contributed by atoms with Crippen molar-refractivity contribution in [1.82, 2.24) is 0 Å². The van der Waals surface area contributed by atoms with E-state index in [9.17, 15) is 44.5 Å². The number of nitrogens with zero attached hydrogens (tertiary/aromatic N) is 4. The zero-order valence-electron chi connectivity index (χ0n) is 25.2. The van der Waals surface area contributed by atoms with Gasteiger partial charge < -0.3 is 14.7 Å². The van der Waals surface area contributed by atoms with E-state index < -0.39 is 62.5 Å². The number of ketones is 2. The molecule has 1 fully saturated rings. The number of hydrogen-bond acceptors (Lipinski definition) is 11. The minimum Gasteiger partial charge on any atom is -0.508 e. The van der Waals surface area contributed by atoms with Gasteiger partial charge in [-0.05, 0) is 37.8 Å². The molecule has 3 aliphatic carbocycles. The van der Waals surface area contributed by atoms with E-state index in [1.165, 1.54) is 44.3 Å². The first kappa shape index (κ1) is 30.4. The second-order valence-corrected chi connectivity index (χ2v) is 11.9. The fourth-order valence-corrected chi connectivity index (χ4v) is 7.36. The summed E-state index contributed by atoms with van der Waals surface area (Å²) in [5, 5.41) is 34.1. The molecular weight excluding hydrogens is 600 g/mol. The molecule has 6 rings (SSSR count). The van der Waals surface area contributed by atoms with Crippen LogP contribution in [-0.2, 0) is 19.2 Å². The summed E-state index contributed by atoms with van der Waals surface area (Å²) in [4.78, 5) is 79.5. The fourth-order valence-electron chi connectivity index (χ4n) is 7.36. The molecule has 0 spiro atoms. The number of hydrogen-bond donors (Lipinski definition) is 1. The van der Waals surface area contributed by atoms with E-state index in [-0.39, 0.29) is 58.2 Å². The van der Waals surface area contributed by atoms with Gasteiger partial charge in [-0.15, -0.1) is 0 Å². The molecule has 14 heteroatoms. The number of rotatable bonds is 6. The first-order chi connectivity index (χ1) is 21.8. The number of allylic oxidation sites excluding steroid dienone is 6. The zero-order chi connectivity index (χ0) is 33.4. The Labute approximate surface area is 261 Å². The highest BCUT2D eigenvalue weighted by atomic mass is 16.6. The number of amides is 2. The van der Waals surface area contributed by atoms with Gasteiger partial charge in [0.05, 0.1) is 34.5 Å². The third kappa shape index (κ3) is 4.39. The summed E-state index contributed by atoms with van der Waals surface area (Å²) in [6.45, 7) is 1.55. The molecule has 46 heavy (non-hydrogen) atoms. The molecular formula is C32H28N4O10. The van der Waals surface area contributed by atoms with Crippen LogP contribution in [0.4, 0.5) is 22.7 Å². The van der Waals surface area contributed by atoms with Crippen molar-refractivity contribution in [2.45, 2.75) is 25.7 Å². The Kier molecular flexibility index (Phi) is 7.10. The van der Waals surface area contributed by atoms with Gasteiger partial charge in [-0.3, -0.25) is 39.4 Å². The molecule has 0 bridgehead atoms. The van der Waals surface area contributed by atoms with Crippen molar-refractivity contribution in [2.75, 3.05) is 31.0 Å². The third-order valence-corrected chi connectivity index (χ3v) is 9.25. The number of benzene rings is 2. The largest absolute Gasteiger partial charge is 0.508 e. The molecule has 2 amide bonds. The van der Waals surface area contributed by atoms with Crippen molar-refractivity contribution in [3.05, 3.63) is 90.6 Å². The van der Waals surface area contributed by atoms with Crippen LogP contribution in [0.1, 0.15) is 31.2 Å². The number of nitro groups is 2. The number of methoxy groups -OCH3 is 1. The fraction of sp³-hybridized carbons (Fsp3) is 0.312. The molecule has 4 atom stereocenters. The third-order valence-electron chi connectivity index (χ3n) is 9.25. The molecule has 1 saturated heterocycles. The van der Waals surface area contributed by atoms with E-state index in [1.807, 2.05) is 0 Å². The maximum Gasteiger partial charge on any atom is 0.301 e. The van der Waals surface area contributed by atoms with Gasteiger partial charge in [-0.2, -0.15) is 0 Å². The number of ether oxygens (including phenoxy) is 1. The maximum absolute atomic E-state index is 14.2. The van der Waals surface area contributed by atoms with Gasteiger partial charge in [0.15, 0.2) is 17.3 Å². The van der Waals surface area contributed by atoms with Crippen molar-refractivity contribution in [1.29, 1.82) is 0 Å². The van der Waals surface area contributed by atoms with E-state index >= 15 is 0 Å². The lowest BCUT2D eigenvalue weighted by Crippen LogP contribution is -2.40. The van der Waals surface area contributed by atoms with Gasteiger partial charge >= 0.3 is 11.4 Å². The number of carbonyl (C=O) groups is 4. The normalized spacial score (nSPS) is 23.8. The minimum absolute atomic E-state index is 0.0136. The predicted molar refractivity (Wildman–Crippen MR) is 163 cm³/mol. The second kappa shape index (κ2) is 10.8. The maximum atomic E-state index is 14.2. The van der Waals surface area contributed by atoms with Gasteiger partial charge in [0, 0.05) is 60.5 Å². The highest BCUT2D eigenvalue weighted by molar-refractivity contribution is 6.25. The summed E-state index contributed by atoms with van der Waals surface area (Å²) in [5.74, 6) is -5.44. The minimum atomic E-state index is -1.02. The summed E-state index contributed by atoms with van der Waals surface area (Å²) in [7, 11) is 4.21. The SMILES string of the molecule is COc1cc(O)ccc1[C@H]1C2=CC[C@@H]3C(=O)N(c4cc([N+](=O)[O-])c(N(C)C)c([N+](=O)[O-])c4)C(=O)[C@@H]3[C@@H]2CC2=C1C(=O)C(C)=CC2=O. The van der Waals surface area contributed by atoms with Gasteiger partial charge in [-0.1, -0.05) is 17.7 Å². The molecule has 236 valence electrons. The Bertz CT molecular complexity index is 1870. The number of aromatic hydroxyl groups is 1. The van der Waals surface area contributed by atoms with Crippen molar-refractivity contribution in [3.8, 4) is 11.5 Å². The van der Waals surface area contributed by atoms with Crippen LogP contribution in [0.2, 0.25) is 0 Å². The lowest BCUT2D eigenvalue weighted by molar-refractivity contribution is -0.392. The van der Waals surface area contributed by atoms with Crippen molar-refractivity contribution >= 4 is 46.1 Å². The summed E-state index contributed by atoms with van der Waals surface area (Å²) in [5.41, 5.74) is -0.0760. The standard InChI is InChI=1S/C32H28N4O10/c1-14-9-24(38)21-13-20-17(26(28(21)30(14)39)18-6-5-16(37)12-25(18)46-4)7-8-19-27(20)32(41)34(31(19)40)15-10-22(35(42)43)29(33(2)3)23(11-15)36(44)45/h5-7,9-12,19-20,26-27,37H,8,13H2,1-4H3/t19-,20+,26+,27-/m0/s1. The summed E-state index contributed by atoms with van der Waals surface area (Å²) < 4.78 is 5.55. The Morgan fingerprint density at radius 1 is 0.978 bits per heavy atom. The zero-order valence-corrected chi connectivity index (χ0v) is 25.2. The number of imide groups is 1. The lowest BCUT2D eigenvalue weighted by atomic mass is 9.59. The Balaban J connectivity index is 1.50. The van der Waals surface area contributed by atoms with E-state index in [0.717, 1.165) is 17.0 Å². The highest BCUT2D eigenvalue weighted by Crippen LogP contribution is 2.57. The monoisotopic (exact) mass is 628 g/mol. The van der Waals surface area contributed by atoms with E-state index in [0.29, 0.717) is 11.1 Å². The Morgan fingerprint density at radius 2 is 1.63 bits per heavy atom. The van der Waals surface area contributed by atoms with Crippen LogP contribution in [0.3, 0.4) is 0 Å². The number of carbonyl (C=O) groups excluding carboxylic acids is 4. The van der Waals surface area contributed by atoms with Crippen LogP contribution in [0.5, 0.6) is 11.5 Å². The van der Waals surface area contributed by atoms with Gasteiger partial charge in [0.2, 0.25) is 11.8 Å². The highest BCUT2D eigenvalue weighted by Gasteiger charge is 2.57. The van der Waals surface area contributed by atoms with E-state index in [2.05, 4.69) is 0 Å². The number of anilines is 2. The average molecular weight is 629 g/mol. The molecule has 1 heterocycles. The molecule has 14 nitrogen and oxygen atoms in total. The molecule has 0 radical (unpaired) electrons. The summed E-state index contributed by atoms with van der Waals surface area (Å²) >= 11 is 0. The predicted octanol–water partition coefficient (Wildman–Crippen LogP) is 3.92. The van der Waals surface area contributed by atoms with Crippen molar-refractivity contribution in [2.24, 2.45) is 17.8 Å². The number of nitro benzene ring substituents is 2. The number of fused-ring (bicyclic) bond motifs is 3. The van der Waals surface area contributed by atoms with Gasteiger partial charge in [-0.25, -0.2) is 4.90 Å². The summed E-state index contributed by atoms with van der Waals surface area (Å²) in [6.07, 6.45) is 3.10. The first-order valence-electron chi connectivity index (χ1n) is 14.4. The molecule has 2 aromatic carbocycles. The molecule has 0 unspecified atom stereocenters. The molecule has 2 aromatic rings. The van der Waals surface area contributed by atoms with Crippen LogP contribution in [0, 0.1) is 38.0 Å². The van der Waals surface area contributed by atoms with E-state index in [1.54, 1.807) is 19.1 Å². The molecule has 4 aliphatic rings. The number of phenolic OH excluding ortho intramolecular Hbond substituents is 1. The van der Waals surface area contributed by atoms with E-state index in [4.69, 9.17) is 4.74 Å². The van der Waals surface area contributed by atoms with Gasteiger partial charge in [0.25, 0.3) is 0 Å². The van der Waals surface area contributed by atoms with Crippen molar-refractivity contribution in [3.63, 3.8) is 0 Å². The van der Waals surface area contributed by atoms with Crippen LogP contribution >= 0.6 is 0 Å². The number of phenols is 1. The van der Waals surface area contributed by atoms with Crippen LogP contribution in [-0.4, -0.2) is 59.5 Å². The number of Topliss-reactive ketones (excluding diaryl/α,β-unsaturated/α-hetero) is 1. The van der Waals surface area contributed by atoms with Crippen LogP contribution in [0.15, 0.2) is 64.8 Å². The van der Waals surface area contributed by atoms with Crippen molar-refractivity contribution < 1.29 is 38.9 Å². The molecule has 1 N–H and O–H groups in total. The second-order valence-electron chi connectivity index (χ2n) is 11.9. The molecule has 0 saturated carbocycles.